The Kier molecular flexibility index (Phi) is 5.01. The lowest BCUT2D eigenvalue weighted by Gasteiger charge is -2.33. The SMILES string of the molecule is COCCc1nsc(N2CCN(Cc3cc(C)no3)CC2)n1. The maximum absolute atomic E-state index is 5.28. The second-order valence-electron chi connectivity index (χ2n) is 5.43. The quantitative estimate of drug-likeness (QED) is 0.795. The lowest BCUT2D eigenvalue weighted by molar-refractivity contribution is 0.200. The third kappa shape index (κ3) is 3.82. The third-order valence-corrected chi connectivity index (χ3v) is 4.50. The second-order valence-corrected chi connectivity index (χ2v) is 6.16. The number of piperazine rings is 1. The average molecular weight is 323 g/mol. The van der Waals surface area contributed by atoms with Gasteiger partial charge in [0.25, 0.3) is 0 Å². The van der Waals surface area contributed by atoms with Gasteiger partial charge in [0, 0.05) is 57.3 Å². The summed E-state index contributed by atoms with van der Waals surface area (Å²) in [6, 6.07) is 2.00. The normalized spacial score (nSPS) is 16.4. The number of ether oxygens (including phenoxy) is 1. The van der Waals surface area contributed by atoms with Gasteiger partial charge in [0.15, 0.2) is 5.76 Å². The third-order valence-electron chi connectivity index (χ3n) is 3.69. The van der Waals surface area contributed by atoms with Crippen LogP contribution in [0.15, 0.2) is 10.6 Å². The first-order valence-corrected chi connectivity index (χ1v) is 8.23. The molecular formula is C14H21N5O2S. The molecule has 8 heteroatoms. The molecule has 0 amide bonds. The Morgan fingerprint density at radius 1 is 1.32 bits per heavy atom. The van der Waals surface area contributed by atoms with Gasteiger partial charge >= 0.3 is 0 Å². The highest BCUT2D eigenvalue weighted by atomic mass is 32.1. The highest BCUT2D eigenvalue weighted by molar-refractivity contribution is 7.09. The van der Waals surface area contributed by atoms with Crippen molar-refractivity contribution < 1.29 is 9.26 Å². The molecule has 2 aromatic rings. The van der Waals surface area contributed by atoms with Crippen LogP contribution in [0, 0.1) is 6.92 Å². The molecule has 0 spiro atoms. The Morgan fingerprint density at radius 3 is 2.82 bits per heavy atom. The van der Waals surface area contributed by atoms with Gasteiger partial charge in [-0.25, -0.2) is 4.98 Å². The number of rotatable bonds is 6. The van der Waals surface area contributed by atoms with Crippen LogP contribution >= 0.6 is 11.5 Å². The summed E-state index contributed by atoms with van der Waals surface area (Å²) in [6.07, 6.45) is 0.776. The summed E-state index contributed by atoms with van der Waals surface area (Å²) in [6.45, 7) is 7.35. The molecule has 0 N–H and O–H groups in total. The molecule has 0 radical (unpaired) electrons. The van der Waals surface area contributed by atoms with Crippen LogP contribution in [0.25, 0.3) is 0 Å². The van der Waals surface area contributed by atoms with Crippen molar-refractivity contribution in [3.63, 3.8) is 0 Å². The van der Waals surface area contributed by atoms with E-state index in [0.29, 0.717) is 6.61 Å². The molecule has 7 nitrogen and oxygen atoms in total. The van der Waals surface area contributed by atoms with Crippen LogP contribution in [0.3, 0.4) is 0 Å². The predicted molar refractivity (Wildman–Crippen MR) is 84.2 cm³/mol. The fraction of sp³-hybridized carbons (Fsp3) is 0.643. The molecule has 0 saturated carbocycles. The Bertz CT molecular complexity index is 592. The minimum absolute atomic E-state index is 0.667. The van der Waals surface area contributed by atoms with E-state index in [1.807, 2.05) is 13.0 Å². The highest BCUT2D eigenvalue weighted by Crippen LogP contribution is 2.20. The molecule has 1 fully saturated rings. The number of aromatic nitrogens is 3. The van der Waals surface area contributed by atoms with Crippen molar-refractivity contribution in [2.45, 2.75) is 19.9 Å². The summed E-state index contributed by atoms with van der Waals surface area (Å²) in [5.74, 6) is 1.81. The zero-order chi connectivity index (χ0) is 15.4. The van der Waals surface area contributed by atoms with Crippen LogP contribution in [0.2, 0.25) is 0 Å². The summed E-state index contributed by atoms with van der Waals surface area (Å²) in [5, 5.41) is 4.95. The van der Waals surface area contributed by atoms with Gasteiger partial charge in [-0.2, -0.15) is 4.37 Å². The van der Waals surface area contributed by atoms with E-state index in [4.69, 9.17) is 9.26 Å². The Labute approximate surface area is 134 Å². The second kappa shape index (κ2) is 7.17. The first-order valence-electron chi connectivity index (χ1n) is 7.45. The summed E-state index contributed by atoms with van der Waals surface area (Å²) in [4.78, 5) is 9.27. The zero-order valence-corrected chi connectivity index (χ0v) is 13.8. The van der Waals surface area contributed by atoms with Crippen molar-refractivity contribution in [1.29, 1.82) is 0 Å². The van der Waals surface area contributed by atoms with Crippen molar-refractivity contribution in [1.82, 2.24) is 19.4 Å². The zero-order valence-electron chi connectivity index (χ0n) is 13.0. The molecule has 3 rings (SSSR count). The van der Waals surface area contributed by atoms with E-state index in [2.05, 4.69) is 24.3 Å². The average Bonchev–Trinajstić information content (AvgIpc) is 3.15. The molecule has 1 aliphatic heterocycles. The summed E-state index contributed by atoms with van der Waals surface area (Å²) in [5.41, 5.74) is 0.936. The van der Waals surface area contributed by atoms with Crippen LogP contribution in [-0.4, -0.2) is 59.3 Å². The molecule has 0 unspecified atom stereocenters. The smallest absolute Gasteiger partial charge is 0.205 e. The van der Waals surface area contributed by atoms with Gasteiger partial charge in [0.2, 0.25) is 5.13 Å². The van der Waals surface area contributed by atoms with Crippen molar-refractivity contribution in [2.75, 3.05) is 44.8 Å². The monoisotopic (exact) mass is 323 g/mol. The van der Waals surface area contributed by atoms with Crippen molar-refractivity contribution in [3.8, 4) is 0 Å². The topological polar surface area (TPSA) is 67.5 Å². The minimum Gasteiger partial charge on any atom is -0.384 e. The van der Waals surface area contributed by atoms with E-state index in [1.165, 1.54) is 11.5 Å². The van der Waals surface area contributed by atoms with Crippen molar-refractivity contribution in [3.05, 3.63) is 23.3 Å². The van der Waals surface area contributed by atoms with Crippen LogP contribution in [0.4, 0.5) is 5.13 Å². The summed E-state index contributed by atoms with van der Waals surface area (Å²) >= 11 is 1.48. The number of hydrogen-bond donors (Lipinski definition) is 0. The molecule has 1 aliphatic rings. The van der Waals surface area contributed by atoms with E-state index < -0.39 is 0 Å². The maximum Gasteiger partial charge on any atom is 0.205 e. The fourth-order valence-corrected chi connectivity index (χ4v) is 3.24. The lowest BCUT2D eigenvalue weighted by atomic mass is 10.3. The summed E-state index contributed by atoms with van der Waals surface area (Å²) < 4.78 is 14.7. The van der Waals surface area contributed by atoms with Gasteiger partial charge in [-0.05, 0) is 6.92 Å². The van der Waals surface area contributed by atoms with Crippen molar-refractivity contribution in [2.24, 2.45) is 0 Å². The number of methoxy groups -OCH3 is 1. The number of anilines is 1. The van der Waals surface area contributed by atoms with E-state index in [-0.39, 0.29) is 0 Å². The molecular weight excluding hydrogens is 302 g/mol. The molecule has 3 heterocycles. The molecule has 2 aromatic heterocycles. The predicted octanol–water partition coefficient (Wildman–Crippen LogP) is 1.35. The highest BCUT2D eigenvalue weighted by Gasteiger charge is 2.21. The van der Waals surface area contributed by atoms with Crippen molar-refractivity contribution >= 4 is 16.7 Å². The van der Waals surface area contributed by atoms with E-state index >= 15 is 0 Å². The first kappa shape index (κ1) is 15.4. The van der Waals surface area contributed by atoms with E-state index in [0.717, 1.165) is 61.6 Å². The molecule has 120 valence electrons. The Morgan fingerprint density at radius 2 is 2.14 bits per heavy atom. The fourth-order valence-electron chi connectivity index (χ4n) is 2.48. The van der Waals surface area contributed by atoms with Crippen LogP contribution in [0.1, 0.15) is 17.3 Å². The Balaban J connectivity index is 1.49. The van der Waals surface area contributed by atoms with Gasteiger partial charge in [-0.3, -0.25) is 4.90 Å². The van der Waals surface area contributed by atoms with E-state index in [1.54, 1.807) is 7.11 Å². The number of hydrogen-bond acceptors (Lipinski definition) is 8. The maximum atomic E-state index is 5.28. The molecule has 0 aliphatic carbocycles. The van der Waals surface area contributed by atoms with E-state index in [9.17, 15) is 0 Å². The first-order chi connectivity index (χ1) is 10.7. The van der Waals surface area contributed by atoms with Crippen LogP contribution < -0.4 is 4.90 Å². The van der Waals surface area contributed by atoms with Crippen LogP contribution in [0.5, 0.6) is 0 Å². The molecule has 1 saturated heterocycles. The number of nitrogens with zero attached hydrogens (tertiary/aromatic N) is 5. The van der Waals surface area contributed by atoms with Gasteiger partial charge < -0.3 is 14.2 Å². The lowest BCUT2D eigenvalue weighted by Crippen LogP contribution is -2.45. The van der Waals surface area contributed by atoms with Gasteiger partial charge in [-0.15, -0.1) is 0 Å². The Hall–Kier alpha value is -1.51. The van der Waals surface area contributed by atoms with Crippen LogP contribution in [-0.2, 0) is 17.7 Å². The van der Waals surface area contributed by atoms with Gasteiger partial charge in [0.1, 0.15) is 5.82 Å². The standard InChI is InChI=1S/C14H21N5O2S/c1-11-9-12(21-16-11)10-18-4-6-19(7-5-18)14-15-13(17-22-14)3-8-20-2/h9H,3-8,10H2,1-2H3. The number of aryl methyl sites for hydroxylation is 1. The van der Waals surface area contributed by atoms with Gasteiger partial charge in [-0.1, -0.05) is 5.16 Å². The molecule has 22 heavy (non-hydrogen) atoms. The molecule has 0 atom stereocenters. The van der Waals surface area contributed by atoms with Gasteiger partial charge in [0.05, 0.1) is 18.8 Å². The minimum atomic E-state index is 0.667. The largest absolute Gasteiger partial charge is 0.384 e. The molecule has 0 bridgehead atoms. The summed E-state index contributed by atoms with van der Waals surface area (Å²) in [7, 11) is 1.70. The molecule has 0 aromatic carbocycles.